The van der Waals surface area contributed by atoms with Crippen molar-refractivity contribution in [3.8, 4) is 0 Å². The van der Waals surface area contributed by atoms with E-state index in [-0.39, 0.29) is 11.9 Å². The normalized spacial score (nSPS) is 11.5. The van der Waals surface area contributed by atoms with Crippen molar-refractivity contribution in [2.75, 3.05) is 5.43 Å². The Morgan fingerprint density at radius 3 is 2.84 bits per heavy atom. The van der Waals surface area contributed by atoms with E-state index in [9.17, 15) is 4.79 Å². The molecule has 1 aromatic carbocycles. The predicted octanol–water partition coefficient (Wildman–Crippen LogP) is 3.05. The lowest BCUT2D eigenvalue weighted by Crippen LogP contribution is -2.23. The Bertz CT molecular complexity index is 1090. The minimum atomic E-state index is -0.229. The smallest absolute Gasteiger partial charge is 0.267 e. The van der Waals surface area contributed by atoms with E-state index in [4.69, 9.17) is 0 Å². The number of imidazole rings is 1. The number of para-hydroxylation sites is 2. The maximum atomic E-state index is 12.7. The molecule has 0 unspecified atom stereocenters. The molecule has 0 bridgehead atoms. The predicted molar refractivity (Wildman–Crippen MR) is 96.1 cm³/mol. The van der Waals surface area contributed by atoms with Crippen LogP contribution in [0, 0.1) is 6.92 Å². The Labute approximate surface area is 144 Å². The SMILES string of the molecule is Cc1nc2c(cnn2C(C)C)cc1C(=O)Nn1cnc2ccccc21. The van der Waals surface area contributed by atoms with Gasteiger partial charge in [0, 0.05) is 11.4 Å². The maximum absolute atomic E-state index is 12.7. The molecule has 0 aliphatic heterocycles. The summed E-state index contributed by atoms with van der Waals surface area (Å²) < 4.78 is 3.48. The van der Waals surface area contributed by atoms with Crippen molar-refractivity contribution in [3.63, 3.8) is 0 Å². The summed E-state index contributed by atoms with van der Waals surface area (Å²) in [6.45, 7) is 5.93. The molecule has 7 heteroatoms. The Morgan fingerprint density at radius 1 is 1.24 bits per heavy atom. The van der Waals surface area contributed by atoms with Crippen molar-refractivity contribution in [3.05, 3.63) is 54.1 Å². The molecule has 0 saturated carbocycles. The molecule has 0 saturated heterocycles. The summed E-state index contributed by atoms with van der Waals surface area (Å²) in [7, 11) is 0. The minimum absolute atomic E-state index is 0.210. The molecular formula is C18H18N6O. The van der Waals surface area contributed by atoms with Crippen LogP contribution in [-0.2, 0) is 0 Å². The zero-order valence-electron chi connectivity index (χ0n) is 14.3. The third-order valence-corrected chi connectivity index (χ3v) is 4.17. The van der Waals surface area contributed by atoms with Gasteiger partial charge in [-0.25, -0.2) is 19.3 Å². The Hall–Kier alpha value is -3.22. The van der Waals surface area contributed by atoms with Crippen LogP contribution in [0.25, 0.3) is 22.1 Å². The van der Waals surface area contributed by atoms with Gasteiger partial charge in [-0.05, 0) is 39.0 Å². The van der Waals surface area contributed by atoms with Gasteiger partial charge in [-0.3, -0.25) is 10.2 Å². The van der Waals surface area contributed by atoms with E-state index < -0.39 is 0 Å². The largest absolute Gasteiger partial charge is 0.272 e. The Balaban J connectivity index is 1.71. The van der Waals surface area contributed by atoms with Gasteiger partial charge in [0.05, 0.1) is 28.5 Å². The molecule has 7 nitrogen and oxygen atoms in total. The number of aryl methyl sites for hydroxylation is 1. The number of amides is 1. The second-order valence-corrected chi connectivity index (χ2v) is 6.26. The second-order valence-electron chi connectivity index (χ2n) is 6.26. The molecule has 0 spiro atoms. The van der Waals surface area contributed by atoms with E-state index in [2.05, 4.69) is 20.5 Å². The summed E-state index contributed by atoms with van der Waals surface area (Å²) in [5.41, 5.74) is 6.51. The molecule has 0 aliphatic carbocycles. The number of rotatable bonds is 3. The number of carbonyl (C=O) groups excluding carboxylic acids is 1. The summed E-state index contributed by atoms with van der Waals surface area (Å²) in [6, 6.07) is 9.67. The first-order chi connectivity index (χ1) is 12.0. The molecule has 3 aromatic heterocycles. The van der Waals surface area contributed by atoms with Gasteiger partial charge >= 0.3 is 0 Å². The molecule has 0 atom stereocenters. The van der Waals surface area contributed by atoms with Crippen molar-refractivity contribution < 1.29 is 4.79 Å². The van der Waals surface area contributed by atoms with Crippen LogP contribution in [-0.4, -0.2) is 30.3 Å². The van der Waals surface area contributed by atoms with Crippen molar-refractivity contribution >= 4 is 28.0 Å². The summed E-state index contributed by atoms with van der Waals surface area (Å²) in [5, 5.41) is 5.21. The molecule has 0 aliphatic rings. The van der Waals surface area contributed by atoms with E-state index in [1.165, 1.54) is 0 Å². The summed E-state index contributed by atoms with van der Waals surface area (Å²) >= 11 is 0. The fourth-order valence-corrected chi connectivity index (χ4v) is 2.89. The van der Waals surface area contributed by atoms with Crippen LogP contribution in [0.15, 0.2) is 42.9 Å². The fraction of sp³-hybridized carbons (Fsp3) is 0.222. The van der Waals surface area contributed by atoms with Gasteiger partial charge in [0.25, 0.3) is 5.91 Å². The lowest BCUT2D eigenvalue weighted by Gasteiger charge is -2.10. The molecular weight excluding hydrogens is 316 g/mol. The molecule has 0 radical (unpaired) electrons. The van der Waals surface area contributed by atoms with Gasteiger partial charge in [0.1, 0.15) is 6.33 Å². The van der Waals surface area contributed by atoms with Gasteiger partial charge in [0.15, 0.2) is 5.65 Å². The van der Waals surface area contributed by atoms with Crippen molar-refractivity contribution in [2.45, 2.75) is 26.8 Å². The molecule has 0 fully saturated rings. The number of nitrogens with one attached hydrogen (secondary N) is 1. The summed E-state index contributed by atoms with van der Waals surface area (Å²) in [4.78, 5) is 21.6. The highest BCUT2D eigenvalue weighted by atomic mass is 16.2. The number of hydrogen-bond donors (Lipinski definition) is 1. The van der Waals surface area contributed by atoms with Crippen LogP contribution < -0.4 is 5.43 Å². The molecule has 4 aromatic rings. The molecule has 126 valence electrons. The minimum Gasteiger partial charge on any atom is -0.267 e. The maximum Gasteiger partial charge on any atom is 0.272 e. The van der Waals surface area contributed by atoms with E-state index in [0.29, 0.717) is 11.3 Å². The first-order valence-corrected chi connectivity index (χ1v) is 8.13. The number of pyridine rings is 1. The van der Waals surface area contributed by atoms with Crippen LogP contribution in [0.1, 0.15) is 35.9 Å². The number of nitrogens with zero attached hydrogens (tertiary/aromatic N) is 5. The Kier molecular flexibility index (Phi) is 3.49. The van der Waals surface area contributed by atoms with E-state index >= 15 is 0 Å². The van der Waals surface area contributed by atoms with Crippen molar-refractivity contribution in [2.24, 2.45) is 0 Å². The average molecular weight is 334 g/mol. The van der Waals surface area contributed by atoms with Gasteiger partial charge < -0.3 is 0 Å². The second kappa shape index (κ2) is 5.70. The topological polar surface area (TPSA) is 77.6 Å². The zero-order valence-corrected chi connectivity index (χ0v) is 14.3. The highest BCUT2D eigenvalue weighted by Crippen LogP contribution is 2.19. The van der Waals surface area contributed by atoms with Crippen LogP contribution in [0.5, 0.6) is 0 Å². The third kappa shape index (κ3) is 2.53. The molecule has 1 N–H and O–H groups in total. The number of aromatic nitrogens is 5. The lowest BCUT2D eigenvalue weighted by atomic mass is 10.1. The first kappa shape index (κ1) is 15.3. The number of hydrogen-bond acceptors (Lipinski definition) is 4. The molecule has 4 rings (SSSR count). The van der Waals surface area contributed by atoms with Crippen LogP contribution in [0.4, 0.5) is 0 Å². The molecule has 25 heavy (non-hydrogen) atoms. The van der Waals surface area contributed by atoms with Gasteiger partial charge in [0.2, 0.25) is 0 Å². The lowest BCUT2D eigenvalue weighted by molar-refractivity contribution is 0.101. The third-order valence-electron chi connectivity index (χ3n) is 4.17. The molecule has 3 heterocycles. The quantitative estimate of drug-likeness (QED) is 0.624. The Morgan fingerprint density at radius 2 is 2.04 bits per heavy atom. The van der Waals surface area contributed by atoms with Crippen LogP contribution in [0.3, 0.4) is 0 Å². The highest BCUT2D eigenvalue weighted by Gasteiger charge is 2.16. The number of carbonyl (C=O) groups is 1. The van der Waals surface area contributed by atoms with E-state index in [1.54, 1.807) is 17.2 Å². The number of benzene rings is 1. The van der Waals surface area contributed by atoms with Gasteiger partial charge in [-0.2, -0.15) is 5.10 Å². The van der Waals surface area contributed by atoms with E-state index in [1.807, 2.05) is 55.8 Å². The van der Waals surface area contributed by atoms with Gasteiger partial charge in [-0.15, -0.1) is 0 Å². The molecule has 1 amide bonds. The monoisotopic (exact) mass is 334 g/mol. The van der Waals surface area contributed by atoms with E-state index in [0.717, 1.165) is 22.1 Å². The first-order valence-electron chi connectivity index (χ1n) is 8.13. The average Bonchev–Trinajstić information content (AvgIpc) is 3.18. The van der Waals surface area contributed by atoms with Crippen molar-refractivity contribution in [1.29, 1.82) is 0 Å². The highest BCUT2D eigenvalue weighted by molar-refractivity contribution is 6.03. The van der Waals surface area contributed by atoms with Gasteiger partial charge in [-0.1, -0.05) is 12.1 Å². The fourth-order valence-electron chi connectivity index (χ4n) is 2.89. The van der Waals surface area contributed by atoms with Crippen molar-refractivity contribution in [1.82, 2.24) is 24.4 Å². The zero-order chi connectivity index (χ0) is 17.6. The van der Waals surface area contributed by atoms with Crippen LogP contribution >= 0.6 is 0 Å². The van der Waals surface area contributed by atoms with Crippen LogP contribution in [0.2, 0.25) is 0 Å². The standard InChI is InChI=1S/C18H18N6O/c1-11(2)24-17-13(9-20-24)8-14(12(3)21-17)18(25)22-23-10-19-15-6-4-5-7-16(15)23/h4-11H,1-3H3,(H,22,25). The summed E-state index contributed by atoms with van der Waals surface area (Å²) in [5.74, 6) is -0.229. The number of fused-ring (bicyclic) bond motifs is 2. The summed E-state index contributed by atoms with van der Waals surface area (Å²) in [6.07, 6.45) is 3.34.